The molecule has 9 aromatic carbocycles. The second kappa shape index (κ2) is 37.8. The SMILES string of the molecule is CCCCCCCCCCCCOc1cc(/C=C/c2c3ccccc3c(-c3ccc(OCCCCCC)cc3)c3ccccc23)c(OCCCCCCCCCCCC)cc1/C=C/c1c2ccccc2c(-c2ccc(OCCCCCC)cc2)c2ccccc12. The van der Waals surface area contributed by atoms with E-state index in [1.165, 1.54) is 231 Å². The van der Waals surface area contributed by atoms with Gasteiger partial charge >= 0.3 is 0 Å². The number of ether oxygens (including phenoxy) is 4. The fourth-order valence-electron chi connectivity index (χ4n) is 13.2. The van der Waals surface area contributed by atoms with Gasteiger partial charge in [0.15, 0.2) is 0 Å². The van der Waals surface area contributed by atoms with E-state index in [-0.39, 0.29) is 0 Å². The normalized spacial score (nSPS) is 11.8. The molecule has 0 unspecified atom stereocenters. The summed E-state index contributed by atoms with van der Waals surface area (Å²) in [4.78, 5) is 0. The Morgan fingerprint density at radius 3 is 0.778 bits per heavy atom. The Labute approximate surface area is 542 Å². The molecule has 0 heterocycles. The summed E-state index contributed by atoms with van der Waals surface area (Å²) in [5.74, 6) is 3.61. The highest BCUT2D eigenvalue weighted by molar-refractivity contribution is 6.19. The number of benzene rings is 9. The molecule has 0 N–H and O–H groups in total. The fourth-order valence-corrected chi connectivity index (χ4v) is 13.2. The molecule has 0 bridgehead atoms. The van der Waals surface area contributed by atoms with Gasteiger partial charge in [-0.3, -0.25) is 0 Å². The van der Waals surface area contributed by atoms with Crippen LogP contribution in [0.4, 0.5) is 0 Å². The molecule has 0 fully saturated rings. The molecule has 0 radical (unpaired) electrons. The summed E-state index contributed by atoms with van der Waals surface area (Å²) in [7, 11) is 0. The maximum atomic E-state index is 7.05. The van der Waals surface area contributed by atoms with Gasteiger partial charge in [0, 0.05) is 11.1 Å². The van der Waals surface area contributed by atoms with E-state index in [0.29, 0.717) is 13.2 Å². The van der Waals surface area contributed by atoms with Gasteiger partial charge in [0.25, 0.3) is 0 Å². The molecule has 0 aromatic heterocycles. The number of rotatable bonds is 42. The van der Waals surface area contributed by atoms with Gasteiger partial charge in [-0.1, -0.05) is 327 Å². The Hall–Kier alpha value is -7.30. The molecule has 0 saturated carbocycles. The molecular formula is C86H106O4. The highest BCUT2D eigenvalue weighted by Gasteiger charge is 2.18. The summed E-state index contributed by atoms with van der Waals surface area (Å²) < 4.78 is 26.5. The molecule has 9 aromatic rings. The Kier molecular flexibility index (Phi) is 28.2. The van der Waals surface area contributed by atoms with Crippen LogP contribution in [0.25, 0.3) is 89.6 Å². The first-order valence-corrected chi connectivity index (χ1v) is 35.7. The van der Waals surface area contributed by atoms with Gasteiger partial charge in [0.05, 0.1) is 26.4 Å². The topological polar surface area (TPSA) is 36.9 Å². The third kappa shape index (κ3) is 19.4. The first kappa shape index (κ1) is 67.1. The molecule has 4 heteroatoms. The highest BCUT2D eigenvalue weighted by atomic mass is 16.5. The van der Waals surface area contributed by atoms with E-state index in [1.807, 2.05) is 0 Å². The van der Waals surface area contributed by atoms with Gasteiger partial charge in [-0.05, 0) is 139 Å². The first-order chi connectivity index (χ1) is 44.6. The molecule has 4 nitrogen and oxygen atoms in total. The van der Waals surface area contributed by atoms with Crippen molar-refractivity contribution in [1.29, 1.82) is 0 Å². The van der Waals surface area contributed by atoms with Crippen molar-refractivity contribution in [3.05, 3.63) is 180 Å². The van der Waals surface area contributed by atoms with Crippen LogP contribution in [-0.4, -0.2) is 26.4 Å². The molecule has 0 aliphatic heterocycles. The van der Waals surface area contributed by atoms with Gasteiger partial charge in [0.1, 0.15) is 23.0 Å². The van der Waals surface area contributed by atoms with Crippen LogP contribution in [0, 0.1) is 0 Å². The van der Waals surface area contributed by atoms with Crippen molar-refractivity contribution < 1.29 is 18.9 Å². The lowest BCUT2D eigenvalue weighted by Crippen LogP contribution is -2.03. The summed E-state index contributed by atoms with van der Waals surface area (Å²) in [6.45, 7) is 11.9. The summed E-state index contributed by atoms with van der Waals surface area (Å²) in [5, 5.41) is 9.78. The average Bonchev–Trinajstić information content (AvgIpc) is 0.803. The highest BCUT2D eigenvalue weighted by Crippen LogP contribution is 2.44. The molecule has 9 rings (SSSR count). The van der Waals surface area contributed by atoms with Crippen molar-refractivity contribution in [3.8, 4) is 45.3 Å². The van der Waals surface area contributed by atoms with Crippen LogP contribution in [0.2, 0.25) is 0 Å². The molecule has 0 amide bonds. The lowest BCUT2D eigenvalue weighted by atomic mass is 9.88. The van der Waals surface area contributed by atoms with E-state index in [9.17, 15) is 0 Å². The minimum absolute atomic E-state index is 0.658. The zero-order valence-corrected chi connectivity index (χ0v) is 55.6. The van der Waals surface area contributed by atoms with Crippen LogP contribution < -0.4 is 18.9 Å². The van der Waals surface area contributed by atoms with Crippen LogP contribution in [0.3, 0.4) is 0 Å². The quantitative estimate of drug-likeness (QED) is 0.0217. The Morgan fingerprint density at radius 1 is 0.244 bits per heavy atom. The first-order valence-electron chi connectivity index (χ1n) is 35.7. The Balaban J connectivity index is 1.08. The van der Waals surface area contributed by atoms with E-state index in [1.54, 1.807) is 0 Å². The largest absolute Gasteiger partial charge is 0.494 e. The van der Waals surface area contributed by atoms with Gasteiger partial charge < -0.3 is 18.9 Å². The number of fused-ring (bicyclic) bond motifs is 4. The molecule has 0 aliphatic carbocycles. The molecule has 0 atom stereocenters. The van der Waals surface area contributed by atoms with Gasteiger partial charge in [-0.15, -0.1) is 0 Å². The smallest absolute Gasteiger partial charge is 0.127 e. The molecular weight excluding hydrogens is 1100 g/mol. The molecule has 90 heavy (non-hydrogen) atoms. The standard InChI is InChI=1S/C86H106O4/c1-5-9-13-17-19-21-23-25-27-39-63-89-83-65-70(54-60-78-75-43-31-35-47-81(75)86(82-48-36-32-44-76(78)82)68-51-57-72(58-52-68)88-62-38-16-12-8-4)84(90-64-40-28-26-24-22-20-18-14-10-6-2)66-69(83)53-59-77-73-41-29-33-45-79(73)85(80-46-34-30-42-74(77)80)67-49-55-71(56-50-67)87-61-37-15-11-7-3/h29-36,41-60,65-66H,5-28,37-40,61-64H2,1-4H3/b59-53+,60-54+. The van der Waals surface area contributed by atoms with E-state index in [0.717, 1.165) is 73.0 Å². The summed E-state index contributed by atoms with van der Waals surface area (Å²) in [5.41, 5.74) is 9.29. The zero-order chi connectivity index (χ0) is 62.2. The van der Waals surface area contributed by atoms with Crippen LogP contribution in [0.15, 0.2) is 158 Å². The van der Waals surface area contributed by atoms with E-state index in [2.05, 4.69) is 210 Å². The van der Waals surface area contributed by atoms with Gasteiger partial charge in [-0.2, -0.15) is 0 Å². The van der Waals surface area contributed by atoms with Crippen molar-refractivity contribution in [2.75, 3.05) is 26.4 Å². The fraction of sp³-hybridized carbons (Fsp3) is 0.419. The lowest BCUT2D eigenvalue weighted by Gasteiger charge is -2.18. The predicted molar refractivity (Wildman–Crippen MR) is 392 cm³/mol. The monoisotopic (exact) mass is 1200 g/mol. The van der Waals surface area contributed by atoms with E-state index < -0.39 is 0 Å². The van der Waals surface area contributed by atoms with Gasteiger partial charge in [0.2, 0.25) is 0 Å². The minimum atomic E-state index is 0.658. The van der Waals surface area contributed by atoms with Crippen molar-refractivity contribution in [3.63, 3.8) is 0 Å². The second-order valence-electron chi connectivity index (χ2n) is 25.3. The van der Waals surface area contributed by atoms with E-state index >= 15 is 0 Å². The maximum absolute atomic E-state index is 7.05. The molecule has 0 aliphatic rings. The second-order valence-corrected chi connectivity index (χ2v) is 25.3. The predicted octanol–water partition coefficient (Wildman–Crippen LogP) is 26.5. The van der Waals surface area contributed by atoms with Crippen LogP contribution in [-0.2, 0) is 0 Å². The molecule has 474 valence electrons. The third-order valence-electron chi connectivity index (χ3n) is 18.3. The molecule has 0 saturated heterocycles. The lowest BCUT2D eigenvalue weighted by molar-refractivity contribution is 0.295. The van der Waals surface area contributed by atoms with Crippen molar-refractivity contribution >= 4 is 67.4 Å². The minimum Gasteiger partial charge on any atom is -0.494 e. The number of hydrogen-bond acceptors (Lipinski definition) is 4. The van der Waals surface area contributed by atoms with Crippen LogP contribution in [0.1, 0.15) is 230 Å². The van der Waals surface area contributed by atoms with Gasteiger partial charge in [-0.25, -0.2) is 0 Å². The van der Waals surface area contributed by atoms with Crippen molar-refractivity contribution in [2.45, 2.75) is 207 Å². The third-order valence-corrected chi connectivity index (χ3v) is 18.3. The van der Waals surface area contributed by atoms with Crippen LogP contribution in [0.5, 0.6) is 23.0 Å². The van der Waals surface area contributed by atoms with Crippen LogP contribution >= 0.6 is 0 Å². The maximum Gasteiger partial charge on any atom is 0.127 e. The van der Waals surface area contributed by atoms with E-state index in [4.69, 9.17) is 18.9 Å². The zero-order valence-electron chi connectivity index (χ0n) is 55.6. The Bertz CT molecular complexity index is 3270. The summed E-state index contributed by atoms with van der Waals surface area (Å²) >= 11 is 0. The summed E-state index contributed by atoms with van der Waals surface area (Å²) in [6.07, 6.45) is 44.4. The van der Waals surface area contributed by atoms with Crippen molar-refractivity contribution in [1.82, 2.24) is 0 Å². The van der Waals surface area contributed by atoms with Crippen molar-refractivity contribution in [2.24, 2.45) is 0 Å². The number of unbranched alkanes of at least 4 members (excludes halogenated alkanes) is 24. The molecule has 0 spiro atoms. The Morgan fingerprint density at radius 2 is 0.489 bits per heavy atom. The summed E-state index contributed by atoms with van der Waals surface area (Å²) in [6, 6.07) is 57.8. The number of hydrogen-bond donors (Lipinski definition) is 0. The average molecular weight is 1200 g/mol.